The molecule has 0 aromatic heterocycles. The summed E-state index contributed by atoms with van der Waals surface area (Å²) in [5.74, 6) is 0.849. The molecule has 0 aliphatic rings. The monoisotopic (exact) mass is 292 g/mol. The van der Waals surface area contributed by atoms with Gasteiger partial charge in [0.1, 0.15) is 0 Å². The van der Waals surface area contributed by atoms with E-state index in [1.54, 1.807) is 0 Å². The summed E-state index contributed by atoms with van der Waals surface area (Å²) in [4.78, 5) is 4.84. The van der Waals surface area contributed by atoms with Crippen LogP contribution in [-0.2, 0) is 0 Å². The van der Waals surface area contributed by atoms with Gasteiger partial charge in [-0.3, -0.25) is 0 Å². The van der Waals surface area contributed by atoms with Crippen LogP contribution in [-0.4, -0.2) is 55.4 Å². The quantitative estimate of drug-likeness (QED) is 0.571. The summed E-state index contributed by atoms with van der Waals surface area (Å²) in [6.45, 7) is 9.52. The van der Waals surface area contributed by atoms with E-state index in [9.17, 15) is 0 Å². The first-order valence-electron chi connectivity index (χ1n) is 6.53. The van der Waals surface area contributed by atoms with Crippen LogP contribution in [0.3, 0.4) is 0 Å². The Hall–Kier alpha value is 0.400. The fourth-order valence-electron chi connectivity index (χ4n) is 1.77. The van der Waals surface area contributed by atoms with Gasteiger partial charge in [0.05, 0.1) is 0 Å². The fraction of sp³-hybridized carbons (Fsp3) is 1.00. The maximum atomic E-state index is 3.51. The van der Waals surface area contributed by atoms with Gasteiger partial charge in [-0.05, 0) is 65.5 Å². The summed E-state index contributed by atoms with van der Waals surface area (Å²) in [7, 11) is 4.29. The number of alkyl halides is 1. The van der Waals surface area contributed by atoms with Gasteiger partial charge in [-0.25, -0.2) is 0 Å². The highest BCUT2D eigenvalue weighted by molar-refractivity contribution is 9.09. The summed E-state index contributed by atoms with van der Waals surface area (Å²) >= 11 is 3.51. The normalized spacial score (nSPS) is 13.7. The SMILES string of the molecule is CCN(CCCN(C)C)CCC(C)CCBr. The highest BCUT2D eigenvalue weighted by atomic mass is 79.9. The third-order valence-corrected chi connectivity index (χ3v) is 3.52. The Kier molecular flexibility index (Phi) is 10.8. The Morgan fingerprint density at radius 2 is 1.75 bits per heavy atom. The Morgan fingerprint density at radius 3 is 2.25 bits per heavy atom. The van der Waals surface area contributed by atoms with Gasteiger partial charge in [-0.2, -0.15) is 0 Å². The molecule has 0 amide bonds. The first-order chi connectivity index (χ1) is 7.60. The first kappa shape index (κ1) is 16.4. The molecular formula is C13H29BrN2. The van der Waals surface area contributed by atoms with E-state index in [1.165, 1.54) is 45.4 Å². The number of hydrogen-bond donors (Lipinski definition) is 0. The average molecular weight is 293 g/mol. The van der Waals surface area contributed by atoms with Crippen LogP contribution in [0.15, 0.2) is 0 Å². The molecule has 0 aliphatic heterocycles. The predicted octanol–water partition coefficient (Wildman–Crippen LogP) is 3.07. The van der Waals surface area contributed by atoms with Gasteiger partial charge in [-0.1, -0.05) is 29.8 Å². The van der Waals surface area contributed by atoms with Crippen molar-refractivity contribution in [1.82, 2.24) is 9.80 Å². The number of nitrogens with zero attached hydrogens (tertiary/aromatic N) is 2. The van der Waals surface area contributed by atoms with Crippen LogP contribution in [0.2, 0.25) is 0 Å². The van der Waals surface area contributed by atoms with Crippen molar-refractivity contribution in [3.8, 4) is 0 Å². The average Bonchev–Trinajstić information content (AvgIpc) is 2.23. The lowest BCUT2D eigenvalue weighted by Crippen LogP contribution is -2.29. The maximum Gasteiger partial charge on any atom is 0.00338 e. The second-order valence-corrected chi connectivity index (χ2v) is 5.76. The van der Waals surface area contributed by atoms with E-state index in [-0.39, 0.29) is 0 Å². The van der Waals surface area contributed by atoms with E-state index in [2.05, 4.69) is 53.7 Å². The van der Waals surface area contributed by atoms with Gasteiger partial charge in [0.2, 0.25) is 0 Å². The topological polar surface area (TPSA) is 6.48 Å². The third-order valence-electron chi connectivity index (χ3n) is 3.07. The summed E-state index contributed by atoms with van der Waals surface area (Å²) in [6.07, 6.45) is 3.92. The molecule has 0 N–H and O–H groups in total. The van der Waals surface area contributed by atoms with Gasteiger partial charge in [0, 0.05) is 5.33 Å². The lowest BCUT2D eigenvalue weighted by Gasteiger charge is -2.23. The molecular weight excluding hydrogens is 264 g/mol. The van der Waals surface area contributed by atoms with Crippen molar-refractivity contribution in [3.05, 3.63) is 0 Å². The first-order valence-corrected chi connectivity index (χ1v) is 7.65. The standard InChI is InChI=1S/C13H29BrN2/c1-5-16(11-6-10-15(3)4)12-8-13(2)7-9-14/h13H,5-12H2,1-4H3. The van der Waals surface area contributed by atoms with Crippen LogP contribution < -0.4 is 0 Å². The number of hydrogen-bond acceptors (Lipinski definition) is 2. The van der Waals surface area contributed by atoms with Crippen molar-refractivity contribution in [3.63, 3.8) is 0 Å². The lowest BCUT2D eigenvalue weighted by molar-refractivity contribution is 0.249. The minimum atomic E-state index is 0.849. The molecule has 1 unspecified atom stereocenters. The summed E-state index contributed by atoms with van der Waals surface area (Å²) in [6, 6.07) is 0. The third kappa shape index (κ3) is 9.61. The molecule has 0 aliphatic carbocycles. The molecule has 3 heteroatoms. The molecule has 0 aromatic rings. The highest BCUT2D eigenvalue weighted by Crippen LogP contribution is 2.10. The molecule has 0 bridgehead atoms. The van der Waals surface area contributed by atoms with Crippen molar-refractivity contribution >= 4 is 15.9 Å². The van der Waals surface area contributed by atoms with Crippen molar-refractivity contribution < 1.29 is 0 Å². The number of rotatable bonds is 10. The molecule has 0 spiro atoms. The smallest absolute Gasteiger partial charge is 0.00338 e. The maximum absolute atomic E-state index is 3.51. The second kappa shape index (κ2) is 10.5. The van der Waals surface area contributed by atoms with E-state index < -0.39 is 0 Å². The van der Waals surface area contributed by atoms with Crippen LogP contribution in [0.25, 0.3) is 0 Å². The van der Waals surface area contributed by atoms with Crippen LogP contribution >= 0.6 is 15.9 Å². The van der Waals surface area contributed by atoms with E-state index in [4.69, 9.17) is 0 Å². The Morgan fingerprint density at radius 1 is 1.06 bits per heavy atom. The molecule has 0 saturated heterocycles. The fourth-order valence-corrected chi connectivity index (χ4v) is 2.55. The molecule has 0 fully saturated rings. The van der Waals surface area contributed by atoms with Gasteiger partial charge in [-0.15, -0.1) is 0 Å². The largest absolute Gasteiger partial charge is 0.309 e. The zero-order valence-corrected chi connectivity index (χ0v) is 13.1. The molecule has 98 valence electrons. The molecule has 0 heterocycles. The van der Waals surface area contributed by atoms with E-state index >= 15 is 0 Å². The van der Waals surface area contributed by atoms with Gasteiger partial charge >= 0.3 is 0 Å². The molecule has 0 rings (SSSR count). The van der Waals surface area contributed by atoms with Gasteiger partial charge in [0.25, 0.3) is 0 Å². The zero-order chi connectivity index (χ0) is 12.4. The molecule has 0 saturated carbocycles. The van der Waals surface area contributed by atoms with Crippen LogP contribution in [0.5, 0.6) is 0 Å². The molecule has 0 aromatic carbocycles. The van der Waals surface area contributed by atoms with E-state index in [0.29, 0.717) is 0 Å². The minimum Gasteiger partial charge on any atom is -0.309 e. The second-order valence-electron chi connectivity index (χ2n) is 4.96. The van der Waals surface area contributed by atoms with Crippen molar-refractivity contribution in [2.45, 2.75) is 33.1 Å². The van der Waals surface area contributed by atoms with Crippen molar-refractivity contribution in [2.24, 2.45) is 5.92 Å². The zero-order valence-electron chi connectivity index (χ0n) is 11.5. The molecule has 2 nitrogen and oxygen atoms in total. The molecule has 16 heavy (non-hydrogen) atoms. The van der Waals surface area contributed by atoms with Gasteiger partial charge < -0.3 is 9.80 Å². The Bertz CT molecular complexity index is 151. The van der Waals surface area contributed by atoms with Crippen molar-refractivity contribution in [2.75, 3.05) is 45.6 Å². The summed E-state index contributed by atoms with van der Waals surface area (Å²) in [5.41, 5.74) is 0. The van der Waals surface area contributed by atoms with Crippen molar-refractivity contribution in [1.29, 1.82) is 0 Å². The summed E-state index contributed by atoms with van der Waals surface area (Å²) < 4.78 is 0. The van der Waals surface area contributed by atoms with Crippen LogP contribution in [0.4, 0.5) is 0 Å². The lowest BCUT2D eigenvalue weighted by atomic mass is 10.1. The van der Waals surface area contributed by atoms with E-state index in [1.807, 2.05) is 0 Å². The Balaban J connectivity index is 3.58. The van der Waals surface area contributed by atoms with Crippen LogP contribution in [0, 0.1) is 5.92 Å². The Labute approximate surface area is 111 Å². The minimum absolute atomic E-state index is 0.849. The highest BCUT2D eigenvalue weighted by Gasteiger charge is 2.06. The van der Waals surface area contributed by atoms with E-state index in [0.717, 1.165) is 11.2 Å². The number of halogens is 1. The molecule has 0 radical (unpaired) electrons. The molecule has 1 atom stereocenters. The van der Waals surface area contributed by atoms with Crippen LogP contribution in [0.1, 0.15) is 33.1 Å². The summed E-state index contributed by atoms with van der Waals surface area (Å²) in [5, 5.41) is 1.14. The van der Waals surface area contributed by atoms with Gasteiger partial charge in [0.15, 0.2) is 0 Å². The predicted molar refractivity (Wildman–Crippen MR) is 77.5 cm³/mol.